The number of nitrogens with two attached hydrogens (primary N) is 1. The number of carbonyl (C=O) groups is 3. The molecule has 0 aromatic heterocycles. The highest BCUT2D eigenvalue weighted by Gasteiger charge is 2.31. The largest absolute Gasteiger partial charge is 0.493 e. The molecule has 1 amide bonds. The third-order valence-electron chi connectivity index (χ3n) is 7.02. The monoisotopic (exact) mass is 536 g/mol. The second-order valence-electron chi connectivity index (χ2n) is 10.9. The second-order valence-corrected chi connectivity index (χ2v) is 10.9. The van der Waals surface area contributed by atoms with Gasteiger partial charge in [-0.05, 0) is 55.0 Å². The number of carbonyl (C=O) groups excluding carboxylic acids is 2. The van der Waals surface area contributed by atoms with Crippen molar-refractivity contribution in [1.29, 1.82) is 5.41 Å². The van der Waals surface area contributed by atoms with Crippen molar-refractivity contribution in [3.05, 3.63) is 52.1 Å². The minimum atomic E-state index is -1.07. The predicted molar refractivity (Wildman–Crippen MR) is 147 cm³/mol. The zero-order valence-electron chi connectivity index (χ0n) is 22.9. The average molecular weight is 537 g/mol. The van der Waals surface area contributed by atoms with Crippen LogP contribution in [0.15, 0.2) is 24.3 Å². The fourth-order valence-corrected chi connectivity index (χ4v) is 5.11. The number of benzene rings is 2. The number of rotatable bonds is 10. The van der Waals surface area contributed by atoms with E-state index in [1.165, 1.54) is 0 Å². The van der Waals surface area contributed by atoms with Crippen LogP contribution in [0.1, 0.15) is 77.9 Å². The number of carboxylic acids is 1. The number of hydrogen-bond acceptors (Lipinski definition) is 7. The molecule has 0 saturated carbocycles. The number of primary amides is 1. The Kier molecular flexibility index (Phi) is 7.85. The predicted octanol–water partition coefficient (Wildman–Crippen LogP) is 3.57. The summed E-state index contributed by atoms with van der Waals surface area (Å²) in [5.41, 5.74) is 8.60. The highest BCUT2D eigenvalue weighted by atomic mass is 16.5. The van der Waals surface area contributed by atoms with Crippen LogP contribution < -0.4 is 20.1 Å². The highest BCUT2D eigenvalue weighted by Crippen LogP contribution is 2.42. The van der Waals surface area contributed by atoms with Gasteiger partial charge in [0, 0.05) is 36.3 Å². The lowest BCUT2D eigenvalue weighted by Crippen LogP contribution is -2.31. The number of nitrogens with zero attached hydrogens (tertiary/aromatic N) is 2. The Morgan fingerprint density at radius 2 is 1.77 bits per heavy atom. The number of fused-ring (bicyclic) bond motifs is 1. The summed E-state index contributed by atoms with van der Waals surface area (Å²) in [5, 5.41) is 18.0. The van der Waals surface area contributed by atoms with Gasteiger partial charge in [-0.1, -0.05) is 20.8 Å². The average Bonchev–Trinajstić information content (AvgIpc) is 3.50. The Hall–Kier alpha value is -4.08. The fraction of sp³-hybridized carbons (Fsp3) is 0.448. The molecule has 2 aliphatic rings. The van der Waals surface area contributed by atoms with Crippen LogP contribution in [0.2, 0.25) is 0 Å². The van der Waals surface area contributed by atoms with Gasteiger partial charge in [0.05, 0.1) is 24.4 Å². The molecule has 1 fully saturated rings. The van der Waals surface area contributed by atoms with Crippen molar-refractivity contribution in [2.45, 2.75) is 52.5 Å². The van der Waals surface area contributed by atoms with Crippen molar-refractivity contribution in [3.8, 4) is 11.5 Å². The number of Topliss-reactive ketones (excluding diaryl/α,β-unsaturated/α-hetero) is 1. The van der Waals surface area contributed by atoms with E-state index in [0.717, 1.165) is 42.7 Å². The van der Waals surface area contributed by atoms with Gasteiger partial charge >= 0.3 is 5.97 Å². The molecular weight excluding hydrogens is 500 g/mol. The summed E-state index contributed by atoms with van der Waals surface area (Å²) < 4.78 is 11.4. The van der Waals surface area contributed by atoms with Gasteiger partial charge in [-0.2, -0.15) is 0 Å². The normalized spacial score (nSPS) is 14.9. The standard InChI is InChI=1S/C29H36N4O6/c1-5-38-24-12-18-14-33(27(30)19(18)13-20(24)28(31)37)15-23(34)17-10-21(29(2,3)4)26(39-16-25(35)36)22(11-17)32-8-6-7-9-32/h10-13,30H,5-9,14-16H2,1-4H3,(H2,31,37)(H,35,36). The van der Waals surface area contributed by atoms with Crippen LogP contribution in [0.3, 0.4) is 0 Å². The number of amidine groups is 1. The molecule has 2 aliphatic heterocycles. The number of amides is 1. The molecule has 10 nitrogen and oxygen atoms in total. The SMILES string of the molecule is CCOc1cc2c(cc1C(N)=O)C(=N)N(CC(=O)c1cc(N3CCCC3)c(OCC(=O)O)c(C(C)(C)C)c1)C2. The highest BCUT2D eigenvalue weighted by molar-refractivity contribution is 6.07. The molecule has 0 atom stereocenters. The maximum atomic E-state index is 13.7. The van der Waals surface area contributed by atoms with E-state index in [0.29, 0.717) is 35.8 Å². The maximum absolute atomic E-state index is 13.7. The molecule has 0 bridgehead atoms. The molecule has 4 N–H and O–H groups in total. The van der Waals surface area contributed by atoms with Crippen molar-refractivity contribution < 1.29 is 29.0 Å². The molecular formula is C29H36N4O6. The number of aliphatic carboxylic acids is 1. The molecule has 2 aromatic carbocycles. The Morgan fingerprint density at radius 1 is 1.08 bits per heavy atom. The number of carboxylic acid groups (broad SMARTS) is 1. The summed E-state index contributed by atoms with van der Waals surface area (Å²) in [6, 6.07) is 6.85. The van der Waals surface area contributed by atoms with Crippen LogP contribution in [0.4, 0.5) is 5.69 Å². The molecule has 2 aromatic rings. The van der Waals surface area contributed by atoms with Crippen LogP contribution in [0, 0.1) is 5.41 Å². The molecule has 0 spiro atoms. The van der Waals surface area contributed by atoms with Crippen molar-refractivity contribution >= 4 is 29.2 Å². The van der Waals surface area contributed by atoms with Gasteiger partial charge in [-0.15, -0.1) is 0 Å². The maximum Gasteiger partial charge on any atom is 0.341 e. The van der Waals surface area contributed by atoms with Crippen molar-refractivity contribution in [2.75, 3.05) is 37.7 Å². The summed E-state index contributed by atoms with van der Waals surface area (Å²) in [6.07, 6.45) is 2.00. The van der Waals surface area contributed by atoms with Gasteiger partial charge in [-0.25, -0.2) is 4.79 Å². The minimum Gasteiger partial charge on any atom is -0.493 e. The fourth-order valence-electron chi connectivity index (χ4n) is 5.11. The van der Waals surface area contributed by atoms with Crippen LogP contribution >= 0.6 is 0 Å². The number of anilines is 1. The number of hydrogen-bond donors (Lipinski definition) is 3. The summed E-state index contributed by atoms with van der Waals surface area (Å²) in [5.74, 6) is -0.886. The molecule has 0 aliphatic carbocycles. The van der Waals surface area contributed by atoms with Crippen LogP contribution in [0.25, 0.3) is 0 Å². The zero-order valence-corrected chi connectivity index (χ0v) is 22.9. The molecule has 208 valence electrons. The second kappa shape index (κ2) is 11.0. The third-order valence-corrected chi connectivity index (χ3v) is 7.02. The first-order chi connectivity index (χ1) is 18.4. The number of ether oxygens (including phenoxy) is 2. The molecule has 10 heteroatoms. The summed E-state index contributed by atoms with van der Waals surface area (Å²) in [7, 11) is 0. The number of ketones is 1. The summed E-state index contributed by atoms with van der Waals surface area (Å²) in [6.45, 7) is 9.56. The van der Waals surface area contributed by atoms with E-state index in [-0.39, 0.29) is 23.7 Å². The van der Waals surface area contributed by atoms with E-state index in [4.69, 9.17) is 20.6 Å². The van der Waals surface area contributed by atoms with E-state index in [9.17, 15) is 19.5 Å². The van der Waals surface area contributed by atoms with E-state index >= 15 is 0 Å². The summed E-state index contributed by atoms with van der Waals surface area (Å²) >= 11 is 0. The first-order valence-corrected chi connectivity index (χ1v) is 13.1. The van der Waals surface area contributed by atoms with E-state index < -0.39 is 23.9 Å². The van der Waals surface area contributed by atoms with E-state index in [1.54, 1.807) is 29.2 Å². The zero-order chi connectivity index (χ0) is 28.5. The third kappa shape index (κ3) is 5.84. The molecule has 1 saturated heterocycles. The summed E-state index contributed by atoms with van der Waals surface area (Å²) in [4.78, 5) is 40.8. The molecule has 0 radical (unpaired) electrons. The Morgan fingerprint density at radius 3 is 2.36 bits per heavy atom. The quantitative estimate of drug-likeness (QED) is 0.391. The molecule has 2 heterocycles. The first-order valence-electron chi connectivity index (χ1n) is 13.1. The van der Waals surface area contributed by atoms with Crippen LogP contribution in [-0.2, 0) is 16.8 Å². The Bertz CT molecular complexity index is 1320. The van der Waals surface area contributed by atoms with Crippen LogP contribution in [-0.4, -0.2) is 66.3 Å². The first kappa shape index (κ1) is 27.9. The van der Waals surface area contributed by atoms with Gasteiger partial charge in [0.2, 0.25) is 0 Å². The molecule has 39 heavy (non-hydrogen) atoms. The van der Waals surface area contributed by atoms with Gasteiger partial charge in [0.1, 0.15) is 17.3 Å². The van der Waals surface area contributed by atoms with Crippen LogP contribution in [0.5, 0.6) is 11.5 Å². The van der Waals surface area contributed by atoms with Gasteiger partial charge in [-0.3, -0.25) is 15.0 Å². The van der Waals surface area contributed by atoms with Crippen molar-refractivity contribution in [1.82, 2.24) is 4.90 Å². The minimum absolute atomic E-state index is 0.0399. The lowest BCUT2D eigenvalue weighted by Gasteiger charge is -2.29. The van der Waals surface area contributed by atoms with Gasteiger partial charge in [0.15, 0.2) is 12.4 Å². The van der Waals surface area contributed by atoms with Gasteiger partial charge in [0.25, 0.3) is 5.91 Å². The van der Waals surface area contributed by atoms with Crippen molar-refractivity contribution in [2.24, 2.45) is 5.73 Å². The lowest BCUT2D eigenvalue weighted by molar-refractivity contribution is -0.139. The number of nitrogens with one attached hydrogen (secondary N) is 1. The Balaban J connectivity index is 1.67. The van der Waals surface area contributed by atoms with Crippen molar-refractivity contribution in [3.63, 3.8) is 0 Å². The topological polar surface area (TPSA) is 146 Å². The van der Waals surface area contributed by atoms with E-state index in [1.807, 2.05) is 27.7 Å². The van der Waals surface area contributed by atoms with E-state index in [2.05, 4.69) is 4.90 Å². The molecule has 4 rings (SSSR count). The smallest absolute Gasteiger partial charge is 0.341 e. The lowest BCUT2D eigenvalue weighted by atomic mass is 9.84. The van der Waals surface area contributed by atoms with Gasteiger partial charge < -0.3 is 30.1 Å². The molecule has 0 unspecified atom stereocenters. The Labute approximate surface area is 228 Å².